The van der Waals surface area contributed by atoms with Crippen LogP contribution < -0.4 is 4.74 Å². The molecule has 6 heteroatoms. The van der Waals surface area contributed by atoms with E-state index >= 15 is 0 Å². The lowest BCUT2D eigenvalue weighted by atomic mass is 9.83. The summed E-state index contributed by atoms with van der Waals surface area (Å²) in [7, 11) is 0. The average Bonchev–Trinajstić information content (AvgIpc) is 3.42. The van der Waals surface area contributed by atoms with Gasteiger partial charge in [-0.25, -0.2) is 0 Å². The van der Waals surface area contributed by atoms with Gasteiger partial charge in [0, 0.05) is 38.3 Å². The average molecular weight is 373 g/mol. The third kappa shape index (κ3) is 3.16. The number of aliphatic hydroxyl groups excluding tert-OH is 1. The highest BCUT2D eigenvalue weighted by Gasteiger charge is 2.45. The van der Waals surface area contributed by atoms with Gasteiger partial charge in [-0.05, 0) is 25.7 Å². The summed E-state index contributed by atoms with van der Waals surface area (Å²) in [4.78, 5) is 14.7. The number of carbonyl (C=O) groups is 1. The predicted octanol–water partition coefficient (Wildman–Crippen LogP) is 3.37. The Bertz CT molecular complexity index is 696. The van der Waals surface area contributed by atoms with Crippen LogP contribution in [-0.2, 0) is 4.79 Å². The quantitative estimate of drug-likeness (QED) is 0.863. The summed E-state index contributed by atoms with van der Waals surface area (Å²) in [6.45, 7) is 1.49. The smallest absolute Gasteiger partial charge is 0.225 e. The van der Waals surface area contributed by atoms with E-state index in [9.17, 15) is 9.90 Å². The third-order valence-electron chi connectivity index (χ3n) is 7.32. The van der Waals surface area contributed by atoms with Crippen molar-refractivity contribution < 1.29 is 14.6 Å². The summed E-state index contributed by atoms with van der Waals surface area (Å²) >= 11 is 0. The predicted molar refractivity (Wildman–Crippen MR) is 100 cm³/mol. The van der Waals surface area contributed by atoms with Crippen LogP contribution in [0.4, 0.5) is 0 Å². The number of carbonyl (C=O) groups excluding carboxylic acids is 1. The van der Waals surface area contributed by atoms with Crippen LogP contribution in [0.5, 0.6) is 5.75 Å². The number of nitrogens with zero attached hydrogens (tertiary/aromatic N) is 3. The van der Waals surface area contributed by atoms with Crippen molar-refractivity contribution in [2.24, 2.45) is 5.92 Å². The van der Waals surface area contributed by atoms with E-state index < -0.39 is 6.10 Å². The van der Waals surface area contributed by atoms with Crippen molar-refractivity contribution in [1.29, 1.82) is 0 Å². The molecule has 1 unspecified atom stereocenters. The topological polar surface area (TPSA) is 67.6 Å². The minimum atomic E-state index is -0.562. The molecule has 0 radical (unpaired) electrons. The summed E-state index contributed by atoms with van der Waals surface area (Å²) in [5.74, 6) is 1.35. The summed E-state index contributed by atoms with van der Waals surface area (Å²) in [5, 5.41) is 15.4. The lowest BCUT2D eigenvalue weighted by Gasteiger charge is -2.45. The van der Waals surface area contributed by atoms with Crippen LogP contribution in [0.2, 0.25) is 0 Å². The molecule has 1 spiro atoms. The van der Waals surface area contributed by atoms with Crippen LogP contribution in [0, 0.1) is 5.92 Å². The van der Waals surface area contributed by atoms with Gasteiger partial charge in [0.05, 0.1) is 12.2 Å². The van der Waals surface area contributed by atoms with E-state index in [2.05, 4.69) is 5.10 Å². The fourth-order valence-electron chi connectivity index (χ4n) is 5.65. The molecule has 4 aliphatic rings. The molecule has 1 saturated heterocycles. The van der Waals surface area contributed by atoms with Gasteiger partial charge in [0.25, 0.3) is 0 Å². The highest BCUT2D eigenvalue weighted by atomic mass is 16.5. The zero-order chi connectivity index (χ0) is 18.4. The zero-order valence-corrected chi connectivity index (χ0v) is 16.1. The van der Waals surface area contributed by atoms with Crippen LogP contribution in [0.25, 0.3) is 0 Å². The molecule has 6 nitrogen and oxygen atoms in total. The van der Waals surface area contributed by atoms with Crippen molar-refractivity contribution in [3.05, 3.63) is 11.9 Å². The maximum atomic E-state index is 12.7. The van der Waals surface area contributed by atoms with E-state index in [1.54, 1.807) is 0 Å². The van der Waals surface area contributed by atoms with Crippen LogP contribution in [0.1, 0.15) is 88.5 Å². The summed E-state index contributed by atoms with van der Waals surface area (Å²) < 4.78 is 8.47. The largest absolute Gasteiger partial charge is 0.483 e. The summed E-state index contributed by atoms with van der Waals surface area (Å²) in [6.07, 6.45) is 13.0. The Hall–Kier alpha value is -1.56. The summed E-state index contributed by atoms with van der Waals surface area (Å²) in [6, 6.07) is 0.452. The van der Waals surface area contributed by atoms with Crippen LogP contribution in [0.15, 0.2) is 6.20 Å². The van der Waals surface area contributed by atoms with Gasteiger partial charge in [0.1, 0.15) is 17.4 Å². The molecule has 1 amide bonds. The molecule has 0 aromatic carbocycles. The highest BCUT2D eigenvalue weighted by Crippen LogP contribution is 2.45. The SMILES string of the molecule is O=C(C1CCCC1)N1CCC2(CC1)CC(O)c1nn(C3CCCC3)cc1O2. The van der Waals surface area contributed by atoms with E-state index in [0.717, 1.165) is 44.5 Å². The number of ether oxygens (including phenoxy) is 1. The Balaban J connectivity index is 1.27. The first-order chi connectivity index (χ1) is 13.1. The first-order valence-corrected chi connectivity index (χ1v) is 10.9. The van der Waals surface area contributed by atoms with Gasteiger partial charge in [-0.15, -0.1) is 0 Å². The fourth-order valence-corrected chi connectivity index (χ4v) is 5.65. The van der Waals surface area contributed by atoms with E-state index in [1.165, 1.54) is 38.5 Å². The molecule has 148 valence electrons. The third-order valence-corrected chi connectivity index (χ3v) is 7.32. The molecule has 2 saturated carbocycles. The van der Waals surface area contributed by atoms with Gasteiger partial charge in [-0.1, -0.05) is 25.7 Å². The first kappa shape index (κ1) is 17.5. The van der Waals surface area contributed by atoms with Gasteiger partial charge in [-0.2, -0.15) is 5.10 Å². The minimum Gasteiger partial charge on any atom is -0.483 e. The molecule has 5 rings (SSSR count). The summed E-state index contributed by atoms with van der Waals surface area (Å²) in [5.41, 5.74) is 0.361. The maximum Gasteiger partial charge on any atom is 0.225 e. The molecule has 1 aromatic rings. The molecule has 3 fully saturated rings. The molecule has 2 aliphatic heterocycles. The number of hydrogen-bond donors (Lipinski definition) is 1. The molecule has 1 aromatic heterocycles. The number of aromatic nitrogens is 2. The molecule has 27 heavy (non-hydrogen) atoms. The van der Waals surface area contributed by atoms with Gasteiger partial charge in [0.15, 0.2) is 5.75 Å². The molecule has 2 aliphatic carbocycles. The maximum absolute atomic E-state index is 12.7. The Morgan fingerprint density at radius 2 is 1.78 bits per heavy atom. The Kier molecular flexibility index (Phi) is 4.42. The highest BCUT2D eigenvalue weighted by molar-refractivity contribution is 5.79. The normalized spacial score (nSPS) is 28.5. The second-order valence-corrected chi connectivity index (χ2v) is 9.11. The number of piperidine rings is 1. The monoisotopic (exact) mass is 373 g/mol. The molecular weight excluding hydrogens is 342 g/mol. The number of rotatable bonds is 2. The number of likely N-dealkylation sites (tertiary alicyclic amines) is 1. The van der Waals surface area contributed by atoms with Crippen molar-refractivity contribution in [3.63, 3.8) is 0 Å². The van der Waals surface area contributed by atoms with Crippen LogP contribution in [-0.4, -0.2) is 44.4 Å². The van der Waals surface area contributed by atoms with E-state index in [-0.39, 0.29) is 11.5 Å². The van der Waals surface area contributed by atoms with Crippen molar-refractivity contribution >= 4 is 5.91 Å². The molecule has 1 N–H and O–H groups in total. The molecule has 1 atom stereocenters. The number of fused-ring (bicyclic) bond motifs is 1. The number of aliphatic hydroxyl groups is 1. The standard InChI is InChI=1S/C21H31N3O3/c25-17-13-21(9-11-23(12-10-21)20(26)15-5-1-2-6-15)27-18-14-24(22-19(17)18)16-7-3-4-8-16/h14-17,25H,1-13H2. The van der Waals surface area contributed by atoms with Crippen molar-refractivity contribution in [1.82, 2.24) is 14.7 Å². The van der Waals surface area contributed by atoms with Gasteiger partial charge in [0.2, 0.25) is 5.91 Å². The van der Waals surface area contributed by atoms with Crippen LogP contribution >= 0.6 is 0 Å². The van der Waals surface area contributed by atoms with E-state index in [4.69, 9.17) is 4.74 Å². The van der Waals surface area contributed by atoms with E-state index in [1.807, 2.05) is 15.8 Å². The van der Waals surface area contributed by atoms with Crippen LogP contribution in [0.3, 0.4) is 0 Å². The lowest BCUT2D eigenvalue weighted by Crippen LogP contribution is -2.52. The Morgan fingerprint density at radius 1 is 1.11 bits per heavy atom. The molecular formula is C21H31N3O3. The number of amides is 1. The number of hydrogen-bond acceptors (Lipinski definition) is 4. The molecule has 3 heterocycles. The van der Waals surface area contributed by atoms with E-state index in [0.29, 0.717) is 24.1 Å². The fraction of sp³-hybridized carbons (Fsp3) is 0.810. The van der Waals surface area contributed by atoms with Crippen molar-refractivity contribution in [3.8, 4) is 5.75 Å². The Labute approximate surface area is 160 Å². The lowest BCUT2D eigenvalue weighted by molar-refractivity contribution is -0.140. The van der Waals surface area contributed by atoms with Crippen molar-refractivity contribution in [2.45, 2.75) is 88.4 Å². The minimum absolute atomic E-state index is 0.244. The van der Waals surface area contributed by atoms with Gasteiger partial charge in [-0.3, -0.25) is 9.48 Å². The van der Waals surface area contributed by atoms with Gasteiger partial charge >= 0.3 is 0 Å². The first-order valence-electron chi connectivity index (χ1n) is 10.9. The second kappa shape index (κ2) is 6.80. The van der Waals surface area contributed by atoms with Gasteiger partial charge < -0.3 is 14.7 Å². The van der Waals surface area contributed by atoms with Crippen molar-refractivity contribution in [2.75, 3.05) is 13.1 Å². The second-order valence-electron chi connectivity index (χ2n) is 9.11. The Morgan fingerprint density at radius 3 is 2.48 bits per heavy atom. The molecule has 0 bridgehead atoms. The zero-order valence-electron chi connectivity index (χ0n) is 16.1.